The van der Waals surface area contributed by atoms with Gasteiger partial charge in [-0.25, -0.2) is 0 Å². The van der Waals surface area contributed by atoms with Gasteiger partial charge in [0.25, 0.3) is 0 Å². The monoisotopic (exact) mass is 273 g/mol. The van der Waals surface area contributed by atoms with Crippen LogP contribution in [0.25, 0.3) is 0 Å². The maximum atomic E-state index is 10.7. The van der Waals surface area contributed by atoms with Gasteiger partial charge in [0.05, 0.1) is 4.92 Å². The molecule has 16 heavy (non-hydrogen) atoms. The van der Waals surface area contributed by atoms with Crippen LogP contribution in [-0.2, 0) is 0 Å². The van der Waals surface area contributed by atoms with Crippen molar-refractivity contribution in [2.24, 2.45) is 0 Å². The minimum atomic E-state index is -1.36. The molecule has 0 aliphatic heterocycles. The Hall–Kier alpha value is -1.28. The molecule has 10 heteroatoms. The molecular formula is C6H4N4O3P3+. The molecule has 1 heterocycles. The van der Waals surface area contributed by atoms with Gasteiger partial charge in [0, 0.05) is 15.1 Å². The molecular weight excluding hydrogens is 269 g/mol. The fourth-order valence-corrected chi connectivity index (χ4v) is 3.66. The van der Waals surface area contributed by atoms with Gasteiger partial charge in [0.2, 0.25) is 5.75 Å². The highest BCUT2D eigenvalue weighted by Crippen LogP contribution is 2.33. The number of hydrogen-bond acceptors (Lipinski definition) is 6. The number of nitro groups is 1. The predicted octanol–water partition coefficient (Wildman–Crippen LogP) is 3.05. The molecule has 0 aliphatic rings. The first-order valence-corrected chi connectivity index (χ1v) is 6.77. The summed E-state index contributed by atoms with van der Waals surface area (Å²) in [4.78, 5) is 10.2. The average molecular weight is 273 g/mol. The first kappa shape index (κ1) is 11.2. The fourth-order valence-electron chi connectivity index (χ4n) is 0.950. The summed E-state index contributed by atoms with van der Waals surface area (Å²) in [5, 5.41) is 10.7. The standard InChI is InChI=1S/C6H4N4O3P3/c11-10(12)5-3-1-2-4-6(5)13-16-8-14-7-15-9-16/h1-4H/q+1. The van der Waals surface area contributed by atoms with E-state index in [1.807, 2.05) is 0 Å². The van der Waals surface area contributed by atoms with Gasteiger partial charge < -0.3 is 4.52 Å². The summed E-state index contributed by atoms with van der Waals surface area (Å²) in [7, 11) is -0.245. The fraction of sp³-hybridized carbons (Fsp3) is 0. The zero-order chi connectivity index (χ0) is 11.4. The minimum absolute atomic E-state index is 0.0776. The third-order valence-electron chi connectivity index (χ3n) is 1.55. The van der Waals surface area contributed by atoms with E-state index in [4.69, 9.17) is 4.52 Å². The van der Waals surface area contributed by atoms with Crippen molar-refractivity contribution < 1.29 is 9.45 Å². The summed E-state index contributed by atoms with van der Waals surface area (Å²) < 4.78 is 17.2. The molecule has 1 aromatic heterocycles. The summed E-state index contributed by atoms with van der Waals surface area (Å²) in [6.07, 6.45) is 0. The summed E-state index contributed by atoms with van der Waals surface area (Å²) in [5.74, 6) is 0.193. The van der Waals surface area contributed by atoms with Crippen molar-refractivity contribution in [3.63, 3.8) is 0 Å². The topological polar surface area (TPSA) is 91.0 Å². The van der Waals surface area contributed by atoms with E-state index in [-0.39, 0.29) is 11.4 Å². The first-order valence-electron chi connectivity index (χ1n) is 4.00. The van der Waals surface area contributed by atoms with E-state index in [1.165, 1.54) is 12.1 Å². The Balaban J connectivity index is 2.31. The molecule has 0 radical (unpaired) electrons. The van der Waals surface area contributed by atoms with E-state index in [9.17, 15) is 10.1 Å². The molecule has 0 unspecified atom stereocenters. The van der Waals surface area contributed by atoms with Crippen molar-refractivity contribution in [2.75, 3.05) is 0 Å². The van der Waals surface area contributed by atoms with E-state index >= 15 is 0 Å². The highest BCUT2D eigenvalue weighted by atomic mass is 31.2. The molecule has 80 valence electrons. The number of rotatable bonds is 3. The maximum Gasteiger partial charge on any atom is 0.414 e. The largest absolute Gasteiger partial charge is 0.414 e. The Labute approximate surface area is 94.4 Å². The Bertz CT molecular complexity index is 511. The van der Waals surface area contributed by atoms with Crippen molar-refractivity contribution in [3.8, 4) is 5.75 Å². The first-order chi connectivity index (χ1) is 7.77. The van der Waals surface area contributed by atoms with E-state index in [1.54, 1.807) is 12.1 Å². The van der Waals surface area contributed by atoms with Crippen molar-refractivity contribution in [1.82, 2.24) is 13.5 Å². The van der Waals surface area contributed by atoms with Crippen LogP contribution in [0.3, 0.4) is 0 Å². The second-order valence-electron chi connectivity index (χ2n) is 2.52. The quantitative estimate of drug-likeness (QED) is 0.630. The number of benzene rings is 1. The Morgan fingerprint density at radius 1 is 1.31 bits per heavy atom. The molecule has 0 N–H and O–H groups in total. The number of aromatic nitrogens is 3. The van der Waals surface area contributed by atoms with Gasteiger partial charge >= 0.3 is 30.8 Å². The van der Waals surface area contributed by atoms with Crippen molar-refractivity contribution in [3.05, 3.63) is 34.4 Å². The Morgan fingerprint density at radius 3 is 2.69 bits per heavy atom. The molecule has 7 nitrogen and oxygen atoms in total. The van der Waals surface area contributed by atoms with Crippen molar-refractivity contribution in [1.29, 1.82) is 0 Å². The Morgan fingerprint density at radius 2 is 2.00 bits per heavy atom. The molecule has 0 saturated heterocycles. The van der Waals surface area contributed by atoms with Crippen molar-refractivity contribution >= 4 is 30.8 Å². The molecule has 0 aliphatic carbocycles. The second kappa shape index (κ2) is 5.17. The number of nitrogens with zero attached hydrogens (tertiary/aromatic N) is 4. The predicted molar refractivity (Wildman–Crippen MR) is 61.1 cm³/mol. The van der Waals surface area contributed by atoms with Crippen LogP contribution in [0.2, 0.25) is 0 Å². The van der Waals surface area contributed by atoms with Crippen LogP contribution in [0.1, 0.15) is 0 Å². The summed E-state index contributed by atoms with van der Waals surface area (Å²) in [6.45, 7) is 0. The van der Waals surface area contributed by atoms with Gasteiger partial charge in [-0.05, 0) is 10.6 Å². The lowest BCUT2D eigenvalue weighted by Gasteiger charge is -1.98. The lowest BCUT2D eigenvalue weighted by molar-refractivity contribution is -0.385. The molecule has 0 fully saturated rings. The maximum absolute atomic E-state index is 10.7. The molecule has 2 rings (SSSR count). The SMILES string of the molecule is O=[N+]([O-])c1ccccc1O[p+]1npnpn1. The lowest BCUT2D eigenvalue weighted by Crippen LogP contribution is -1.92. The van der Waals surface area contributed by atoms with Crippen LogP contribution in [0.4, 0.5) is 5.69 Å². The van der Waals surface area contributed by atoms with E-state index in [2.05, 4.69) is 13.5 Å². The van der Waals surface area contributed by atoms with Crippen LogP contribution >= 0.6 is 25.1 Å². The summed E-state index contributed by atoms with van der Waals surface area (Å²) in [6, 6.07) is 6.17. The third kappa shape index (κ3) is 2.64. The number of nitro benzene ring substituents is 1. The van der Waals surface area contributed by atoms with Crippen LogP contribution in [0.15, 0.2) is 24.3 Å². The highest BCUT2D eigenvalue weighted by molar-refractivity contribution is 7.50. The van der Waals surface area contributed by atoms with Crippen LogP contribution in [0, 0.1) is 10.1 Å². The second-order valence-corrected chi connectivity index (χ2v) is 5.71. The van der Waals surface area contributed by atoms with Gasteiger partial charge in [0.1, 0.15) is 0 Å². The van der Waals surface area contributed by atoms with Crippen molar-refractivity contribution in [2.45, 2.75) is 0 Å². The van der Waals surface area contributed by atoms with E-state index in [0.717, 1.165) is 0 Å². The molecule has 1 aromatic carbocycles. The minimum Gasteiger partial charge on any atom is -0.351 e. The molecule has 0 saturated carbocycles. The summed E-state index contributed by atoms with van der Waals surface area (Å²) in [5.41, 5.74) is -0.0776. The molecule has 0 amide bonds. The molecule has 2 aromatic rings. The third-order valence-corrected chi connectivity index (χ3v) is 4.42. The van der Waals surface area contributed by atoms with E-state index < -0.39 is 13.0 Å². The molecule has 0 atom stereocenters. The van der Waals surface area contributed by atoms with Gasteiger partial charge in [-0.1, -0.05) is 12.1 Å². The van der Waals surface area contributed by atoms with Gasteiger partial charge in [0.15, 0.2) is 0 Å². The van der Waals surface area contributed by atoms with Gasteiger partial charge in [-0.2, -0.15) is 0 Å². The summed E-state index contributed by atoms with van der Waals surface area (Å²) >= 11 is 0. The normalized spacial score (nSPS) is 11.9. The van der Waals surface area contributed by atoms with Crippen LogP contribution < -0.4 is 4.52 Å². The number of para-hydroxylation sites is 2. The highest BCUT2D eigenvalue weighted by Gasteiger charge is 2.18. The number of hydrogen-bond donors (Lipinski definition) is 0. The van der Waals surface area contributed by atoms with E-state index in [0.29, 0.717) is 17.0 Å². The van der Waals surface area contributed by atoms with Crippen LogP contribution in [0.5, 0.6) is 5.75 Å². The zero-order valence-electron chi connectivity index (χ0n) is 7.66. The smallest absolute Gasteiger partial charge is 0.351 e. The van der Waals surface area contributed by atoms with Crippen LogP contribution in [-0.4, -0.2) is 18.5 Å². The lowest BCUT2D eigenvalue weighted by atomic mass is 10.3. The molecule has 0 bridgehead atoms. The Kier molecular flexibility index (Phi) is 3.62. The average Bonchev–Trinajstić information content (AvgIpc) is 2.31. The molecule has 0 spiro atoms. The zero-order valence-corrected chi connectivity index (χ0v) is 10.3. The van der Waals surface area contributed by atoms with Gasteiger partial charge in [-0.15, -0.1) is 0 Å². The van der Waals surface area contributed by atoms with Gasteiger partial charge in [-0.3, -0.25) is 10.1 Å².